The van der Waals surface area contributed by atoms with E-state index in [0.717, 1.165) is 39.4 Å². The van der Waals surface area contributed by atoms with Crippen molar-refractivity contribution < 1.29 is 4.74 Å². The van der Waals surface area contributed by atoms with Crippen molar-refractivity contribution in [2.45, 2.75) is 131 Å². The highest BCUT2D eigenvalue weighted by atomic mass is 16.5. The van der Waals surface area contributed by atoms with Crippen LogP contribution in [0, 0.1) is 0 Å². The molecule has 0 bridgehead atoms. The molecule has 326 valence electrons. The Morgan fingerprint density at radius 2 is 1.00 bits per heavy atom. The first-order chi connectivity index (χ1) is 29.3. The van der Waals surface area contributed by atoms with Gasteiger partial charge >= 0.3 is 0 Å². The quantitative estimate of drug-likeness (QED) is 0.167. The highest BCUT2D eigenvalue weighted by Gasteiger charge is 2.27. The second kappa shape index (κ2) is 15.5. The minimum Gasteiger partial charge on any atom is -0.457 e. The molecule has 8 rings (SSSR count). The standard InChI is InChI=1S/C58H68N4O/c1-54(2,3)39-22-20-38(21-23-39)49-35-53(59-36-50(49)58(13,14)15)62-51-19-17-16-18-47(51)48-25-24-45(34-52(48)62)63-46-32-42(57(10,11)12)31-44(33-46)61-27-26-60(37-61)43-29-40(55(4,5)6)28-41(30-43)56(7,8)9/h16-36H,37H2,1-15H3. The number of rotatable bonds is 6. The number of aromatic nitrogens is 2. The molecule has 0 amide bonds. The molecule has 63 heavy (non-hydrogen) atoms. The largest absolute Gasteiger partial charge is 0.457 e. The van der Waals surface area contributed by atoms with Crippen molar-refractivity contribution in [3.63, 3.8) is 0 Å². The fraction of sp³-hybridized carbons (Fsp3) is 0.362. The summed E-state index contributed by atoms with van der Waals surface area (Å²) in [6.45, 7) is 34.9. The van der Waals surface area contributed by atoms with Gasteiger partial charge in [-0.3, -0.25) is 4.57 Å². The van der Waals surface area contributed by atoms with Crippen LogP contribution in [0.5, 0.6) is 11.5 Å². The highest BCUT2D eigenvalue weighted by Crippen LogP contribution is 2.41. The Hall–Kier alpha value is -5.81. The van der Waals surface area contributed by atoms with E-state index in [9.17, 15) is 0 Å². The average Bonchev–Trinajstić information content (AvgIpc) is 3.82. The molecule has 0 fully saturated rings. The first kappa shape index (κ1) is 43.8. The molecule has 0 saturated carbocycles. The van der Waals surface area contributed by atoms with Crippen molar-refractivity contribution in [3.8, 4) is 28.4 Å². The van der Waals surface area contributed by atoms with E-state index < -0.39 is 0 Å². The van der Waals surface area contributed by atoms with Crippen molar-refractivity contribution in [3.05, 3.63) is 156 Å². The lowest BCUT2D eigenvalue weighted by Crippen LogP contribution is -2.26. The molecule has 0 saturated heterocycles. The van der Waals surface area contributed by atoms with Crippen LogP contribution in [0.1, 0.15) is 132 Å². The minimum absolute atomic E-state index is 0.0407. The number of hydrogen-bond acceptors (Lipinski definition) is 4. The van der Waals surface area contributed by atoms with Gasteiger partial charge in [0.25, 0.3) is 0 Å². The number of para-hydroxylation sites is 1. The maximum Gasteiger partial charge on any atom is 0.138 e. The lowest BCUT2D eigenvalue weighted by atomic mass is 9.80. The number of pyridine rings is 1. The van der Waals surface area contributed by atoms with Gasteiger partial charge in [-0.1, -0.05) is 152 Å². The van der Waals surface area contributed by atoms with Gasteiger partial charge in [-0.25, -0.2) is 4.98 Å². The molecule has 7 aromatic rings. The van der Waals surface area contributed by atoms with E-state index in [0.29, 0.717) is 6.67 Å². The van der Waals surface area contributed by atoms with E-state index in [1.54, 1.807) is 0 Å². The van der Waals surface area contributed by atoms with Crippen LogP contribution in [0.3, 0.4) is 0 Å². The molecular formula is C58H68N4O. The normalized spacial score (nSPS) is 14.1. The van der Waals surface area contributed by atoms with Crippen molar-refractivity contribution in [1.29, 1.82) is 0 Å². The molecule has 5 aromatic carbocycles. The number of nitrogens with zero attached hydrogens (tertiary/aromatic N) is 4. The van der Waals surface area contributed by atoms with Crippen molar-refractivity contribution in [1.82, 2.24) is 9.55 Å². The fourth-order valence-electron chi connectivity index (χ4n) is 8.59. The Morgan fingerprint density at radius 1 is 0.460 bits per heavy atom. The van der Waals surface area contributed by atoms with Crippen LogP contribution in [0.2, 0.25) is 0 Å². The van der Waals surface area contributed by atoms with Gasteiger partial charge in [-0.2, -0.15) is 0 Å². The van der Waals surface area contributed by atoms with Crippen LogP contribution in [0.25, 0.3) is 38.8 Å². The van der Waals surface area contributed by atoms with Gasteiger partial charge in [0, 0.05) is 52.9 Å². The van der Waals surface area contributed by atoms with E-state index in [4.69, 9.17) is 9.72 Å². The number of benzene rings is 5. The Kier molecular flexibility index (Phi) is 10.8. The van der Waals surface area contributed by atoms with Gasteiger partial charge in [-0.05, 0) is 115 Å². The van der Waals surface area contributed by atoms with Gasteiger partial charge in [0.15, 0.2) is 0 Å². The summed E-state index contributed by atoms with van der Waals surface area (Å²) in [5.41, 5.74) is 13.3. The number of ether oxygens (including phenoxy) is 1. The van der Waals surface area contributed by atoms with Crippen LogP contribution >= 0.6 is 0 Å². The summed E-state index contributed by atoms with van der Waals surface area (Å²) in [5.74, 6) is 2.47. The second-order valence-corrected chi connectivity index (χ2v) is 22.9. The Balaban J connectivity index is 1.18. The summed E-state index contributed by atoms with van der Waals surface area (Å²) in [7, 11) is 0. The summed E-state index contributed by atoms with van der Waals surface area (Å²) < 4.78 is 9.23. The van der Waals surface area contributed by atoms with Gasteiger partial charge in [-0.15, -0.1) is 0 Å². The van der Waals surface area contributed by atoms with Gasteiger partial charge < -0.3 is 14.5 Å². The van der Waals surface area contributed by atoms with Crippen molar-refractivity contribution in [2.24, 2.45) is 0 Å². The molecule has 1 aliphatic heterocycles. The monoisotopic (exact) mass is 837 g/mol. The van der Waals surface area contributed by atoms with E-state index in [2.05, 4.69) is 246 Å². The van der Waals surface area contributed by atoms with E-state index in [1.807, 2.05) is 0 Å². The molecule has 5 heteroatoms. The molecule has 3 heterocycles. The third-order valence-electron chi connectivity index (χ3n) is 12.7. The summed E-state index contributed by atoms with van der Waals surface area (Å²) >= 11 is 0. The van der Waals surface area contributed by atoms with Crippen LogP contribution in [-0.4, -0.2) is 16.2 Å². The highest BCUT2D eigenvalue weighted by molar-refractivity contribution is 6.09. The van der Waals surface area contributed by atoms with Gasteiger partial charge in [0.1, 0.15) is 17.3 Å². The number of fused-ring (bicyclic) bond motifs is 3. The third-order valence-corrected chi connectivity index (χ3v) is 12.7. The van der Waals surface area contributed by atoms with Crippen LogP contribution in [0.4, 0.5) is 11.4 Å². The van der Waals surface area contributed by atoms with E-state index in [-0.39, 0.29) is 27.1 Å². The van der Waals surface area contributed by atoms with Gasteiger partial charge in [0.2, 0.25) is 0 Å². The molecule has 0 N–H and O–H groups in total. The molecule has 2 aromatic heterocycles. The fourth-order valence-corrected chi connectivity index (χ4v) is 8.59. The molecule has 0 atom stereocenters. The van der Waals surface area contributed by atoms with Gasteiger partial charge in [0.05, 0.1) is 17.7 Å². The first-order valence-electron chi connectivity index (χ1n) is 22.7. The van der Waals surface area contributed by atoms with Crippen LogP contribution in [-0.2, 0) is 27.1 Å². The summed E-state index contributed by atoms with van der Waals surface area (Å²) in [4.78, 5) is 9.89. The zero-order chi connectivity index (χ0) is 45.4. The van der Waals surface area contributed by atoms with E-state index in [1.165, 1.54) is 50.0 Å². The first-order valence-corrected chi connectivity index (χ1v) is 22.7. The second-order valence-electron chi connectivity index (χ2n) is 22.9. The molecular weight excluding hydrogens is 769 g/mol. The maximum atomic E-state index is 6.92. The van der Waals surface area contributed by atoms with Crippen LogP contribution < -0.4 is 14.5 Å². The Morgan fingerprint density at radius 3 is 1.57 bits per heavy atom. The maximum absolute atomic E-state index is 6.92. The summed E-state index contributed by atoms with van der Waals surface area (Å²) in [6.07, 6.45) is 6.49. The predicted molar refractivity (Wildman–Crippen MR) is 269 cm³/mol. The molecule has 0 unspecified atom stereocenters. The number of anilines is 2. The zero-order valence-corrected chi connectivity index (χ0v) is 40.5. The smallest absolute Gasteiger partial charge is 0.138 e. The zero-order valence-electron chi connectivity index (χ0n) is 40.5. The van der Waals surface area contributed by atoms with Crippen molar-refractivity contribution >= 4 is 33.2 Å². The molecule has 0 spiro atoms. The van der Waals surface area contributed by atoms with E-state index >= 15 is 0 Å². The van der Waals surface area contributed by atoms with Crippen molar-refractivity contribution in [2.75, 3.05) is 16.5 Å². The Bertz CT molecular complexity index is 2830. The molecule has 5 nitrogen and oxygen atoms in total. The third kappa shape index (κ3) is 8.90. The molecule has 1 aliphatic rings. The SMILES string of the molecule is CC(C)(C)c1ccc(-c2cc(-n3c4ccccc4c4ccc(Oc5cc(N6C=CN(c7cc(C(C)(C)C)cc(C(C)(C)C)c7)C6)cc(C(C)(C)C)c5)cc43)ncc2C(C)(C)C)cc1. The topological polar surface area (TPSA) is 33.5 Å². The molecule has 0 radical (unpaired) electrons. The minimum atomic E-state index is -0.0951. The summed E-state index contributed by atoms with van der Waals surface area (Å²) in [5, 5.41) is 2.34. The Labute approximate surface area is 377 Å². The number of hydrogen-bond donors (Lipinski definition) is 0. The lowest BCUT2D eigenvalue weighted by molar-refractivity contribution is 0.479. The molecule has 0 aliphatic carbocycles. The lowest BCUT2D eigenvalue weighted by Gasteiger charge is -2.29. The average molecular weight is 837 g/mol. The van der Waals surface area contributed by atoms with Crippen LogP contribution in [0.15, 0.2) is 128 Å². The summed E-state index contributed by atoms with van der Waals surface area (Å²) in [6, 6.07) is 40.3. The predicted octanol–water partition coefficient (Wildman–Crippen LogP) is 15.9.